The summed E-state index contributed by atoms with van der Waals surface area (Å²) in [5, 5.41) is 0. The van der Waals surface area contributed by atoms with Crippen LogP contribution in [0.3, 0.4) is 0 Å². The Bertz CT molecular complexity index is 596. The fraction of sp³-hybridized carbons (Fsp3) is 0.294. The number of nitrogen functional groups attached to an aromatic ring is 1. The molecule has 0 bridgehead atoms. The molecule has 0 spiro atoms. The molecule has 3 rings (SSSR count). The Kier molecular flexibility index (Phi) is 3.69. The Balaban J connectivity index is 1.68. The third-order valence-electron chi connectivity index (χ3n) is 3.92. The minimum atomic E-state index is -0.187. The van der Waals surface area contributed by atoms with Gasteiger partial charge in [0.05, 0.1) is 0 Å². The molecular formula is C17H20FN3. The molecule has 3 nitrogen and oxygen atoms in total. The molecule has 1 saturated heterocycles. The van der Waals surface area contributed by atoms with E-state index in [1.54, 1.807) is 0 Å². The van der Waals surface area contributed by atoms with Crippen LogP contribution in [0.2, 0.25) is 0 Å². The van der Waals surface area contributed by atoms with Crippen LogP contribution in [-0.2, 0) is 0 Å². The van der Waals surface area contributed by atoms with E-state index in [-0.39, 0.29) is 5.82 Å². The topological polar surface area (TPSA) is 32.5 Å². The fourth-order valence-electron chi connectivity index (χ4n) is 2.85. The zero-order chi connectivity index (χ0) is 14.8. The Hall–Kier alpha value is -2.23. The summed E-state index contributed by atoms with van der Waals surface area (Å²) in [4.78, 5) is 4.64. The van der Waals surface area contributed by atoms with Gasteiger partial charge in [-0.05, 0) is 55.0 Å². The van der Waals surface area contributed by atoms with Gasteiger partial charge in [-0.15, -0.1) is 0 Å². The highest BCUT2D eigenvalue weighted by atomic mass is 19.1. The molecule has 0 aliphatic carbocycles. The number of halogens is 1. The second-order valence-electron chi connectivity index (χ2n) is 5.55. The average Bonchev–Trinajstić information content (AvgIpc) is 2.47. The third kappa shape index (κ3) is 3.10. The van der Waals surface area contributed by atoms with Crippen molar-refractivity contribution in [1.82, 2.24) is 0 Å². The number of benzene rings is 2. The van der Waals surface area contributed by atoms with Gasteiger partial charge in [-0.1, -0.05) is 0 Å². The van der Waals surface area contributed by atoms with E-state index in [0.717, 1.165) is 37.6 Å². The normalized spacial score (nSPS) is 15.3. The summed E-state index contributed by atoms with van der Waals surface area (Å²) in [6.07, 6.45) is 0. The molecule has 1 aliphatic rings. The van der Waals surface area contributed by atoms with Crippen molar-refractivity contribution >= 4 is 17.1 Å². The summed E-state index contributed by atoms with van der Waals surface area (Å²) in [6.45, 7) is 5.81. The van der Waals surface area contributed by atoms with E-state index < -0.39 is 0 Å². The number of aryl methyl sites for hydroxylation is 1. The predicted octanol–water partition coefficient (Wildman–Crippen LogP) is 3.04. The van der Waals surface area contributed by atoms with Crippen molar-refractivity contribution in [3.8, 4) is 0 Å². The van der Waals surface area contributed by atoms with Crippen molar-refractivity contribution in [2.75, 3.05) is 41.7 Å². The van der Waals surface area contributed by atoms with Gasteiger partial charge in [0.25, 0.3) is 0 Å². The molecular weight excluding hydrogens is 265 g/mol. The van der Waals surface area contributed by atoms with Gasteiger partial charge in [-0.3, -0.25) is 0 Å². The molecule has 1 fully saturated rings. The summed E-state index contributed by atoms with van der Waals surface area (Å²) in [5.41, 5.74) is 10.2. The maximum atomic E-state index is 13.0. The molecule has 21 heavy (non-hydrogen) atoms. The molecule has 1 aliphatic heterocycles. The smallest absolute Gasteiger partial charge is 0.123 e. The fourth-order valence-corrected chi connectivity index (χ4v) is 2.85. The van der Waals surface area contributed by atoms with Crippen molar-refractivity contribution in [3.63, 3.8) is 0 Å². The lowest BCUT2D eigenvalue weighted by molar-refractivity contribution is 0.625. The molecule has 2 aromatic carbocycles. The lowest BCUT2D eigenvalue weighted by Crippen LogP contribution is -2.46. The number of piperazine rings is 1. The van der Waals surface area contributed by atoms with Crippen molar-refractivity contribution in [2.45, 2.75) is 6.92 Å². The second kappa shape index (κ2) is 5.64. The monoisotopic (exact) mass is 285 g/mol. The van der Waals surface area contributed by atoms with Crippen LogP contribution in [-0.4, -0.2) is 26.2 Å². The van der Waals surface area contributed by atoms with E-state index in [0.29, 0.717) is 0 Å². The van der Waals surface area contributed by atoms with Crippen LogP contribution in [0.4, 0.5) is 21.5 Å². The first-order valence-electron chi connectivity index (χ1n) is 7.24. The molecule has 2 aromatic rings. The first kappa shape index (κ1) is 13.7. The molecule has 2 N–H and O–H groups in total. The summed E-state index contributed by atoms with van der Waals surface area (Å²) in [5.74, 6) is -0.187. The highest BCUT2D eigenvalue weighted by Gasteiger charge is 2.17. The number of nitrogens with two attached hydrogens (primary N) is 1. The molecule has 0 unspecified atom stereocenters. The lowest BCUT2D eigenvalue weighted by atomic mass is 10.1. The standard InChI is InChI=1S/C17H20FN3/c1-13-10-15(19)12-17(11-13)21-8-6-20(7-9-21)16-4-2-14(18)3-5-16/h2-5,10-12H,6-9,19H2,1H3. The van der Waals surface area contributed by atoms with Gasteiger partial charge >= 0.3 is 0 Å². The van der Waals surface area contributed by atoms with Gasteiger partial charge in [0.2, 0.25) is 0 Å². The maximum Gasteiger partial charge on any atom is 0.123 e. The van der Waals surface area contributed by atoms with Crippen LogP contribution in [0.15, 0.2) is 42.5 Å². The highest BCUT2D eigenvalue weighted by Crippen LogP contribution is 2.23. The van der Waals surface area contributed by atoms with E-state index in [9.17, 15) is 4.39 Å². The van der Waals surface area contributed by atoms with Crippen LogP contribution in [0.5, 0.6) is 0 Å². The summed E-state index contributed by atoms with van der Waals surface area (Å²) >= 11 is 0. The van der Waals surface area contributed by atoms with Gasteiger partial charge < -0.3 is 15.5 Å². The van der Waals surface area contributed by atoms with Crippen molar-refractivity contribution in [1.29, 1.82) is 0 Å². The van der Waals surface area contributed by atoms with Crippen LogP contribution in [0.25, 0.3) is 0 Å². The molecule has 1 heterocycles. The zero-order valence-corrected chi connectivity index (χ0v) is 12.2. The number of nitrogens with zero attached hydrogens (tertiary/aromatic N) is 2. The third-order valence-corrected chi connectivity index (χ3v) is 3.92. The van der Waals surface area contributed by atoms with Gasteiger partial charge in [-0.25, -0.2) is 4.39 Å². The van der Waals surface area contributed by atoms with E-state index in [2.05, 4.69) is 22.8 Å². The van der Waals surface area contributed by atoms with Crippen LogP contribution in [0.1, 0.15) is 5.56 Å². The maximum absolute atomic E-state index is 13.0. The SMILES string of the molecule is Cc1cc(N)cc(N2CCN(c3ccc(F)cc3)CC2)c1. The minimum Gasteiger partial charge on any atom is -0.399 e. The first-order valence-corrected chi connectivity index (χ1v) is 7.24. The van der Waals surface area contributed by atoms with Gasteiger partial charge in [-0.2, -0.15) is 0 Å². The quantitative estimate of drug-likeness (QED) is 0.861. The molecule has 0 saturated carbocycles. The van der Waals surface area contributed by atoms with Crippen molar-refractivity contribution < 1.29 is 4.39 Å². The molecule has 0 atom stereocenters. The molecule has 0 amide bonds. The highest BCUT2D eigenvalue weighted by molar-refractivity contribution is 5.59. The number of hydrogen-bond donors (Lipinski definition) is 1. The molecule has 4 heteroatoms. The number of hydrogen-bond acceptors (Lipinski definition) is 3. The van der Waals surface area contributed by atoms with Crippen LogP contribution in [0, 0.1) is 12.7 Å². The van der Waals surface area contributed by atoms with Crippen LogP contribution >= 0.6 is 0 Å². The second-order valence-corrected chi connectivity index (χ2v) is 5.55. The first-order chi connectivity index (χ1) is 10.1. The van der Waals surface area contributed by atoms with Gasteiger partial charge in [0.15, 0.2) is 0 Å². The zero-order valence-electron chi connectivity index (χ0n) is 12.2. The largest absolute Gasteiger partial charge is 0.399 e. The molecule has 110 valence electrons. The molecule has 0 aromatic heterocycles. The Morgan fingerprint density at radius 1 is 0.857 bits per heavy atom. The Morgan fingerprint density at radius 2 is 1.43 bits per heavy atom. The predicted molar refractivity (Wildman–Crippen MR) is 86.4 cm³/mol. The number of rotatable bonds is 2. The van der Waals surface area contributed by atoms with Gasteiger partial charge in [0, 0.05) is 43.2 Å². The summed E-state index contributed by atoms with van der Waals surface area (Å²) in [7, 11) is 0. The van der Waals surface area contributed by atoms with Gasteiger partial charge in [0.1, 0.15) is 5.82 Å². The molecule has 0 radical (unpaired) electrons. The average molecular weight is 285 g/mol. The lowest BCUT2D eigenvalue weighted by Gasteiger charge is -2.37. The number of anilines is 3. The summed E-state index contributed by atoms with van der Waals surface area (Å²) < 4.78 is 13.0. The van der Waals surface area contributed by atoms with E-state index in [1.807, 2.05) is 24.3 Å². The summed E-state index contributed by atoms with van der Waals surface area (Å²) in [6, 6.07) is 12.9. The van der Waals surface area contributed by atoms with Crippen molar-refractivity contribution in [2.24, 2.45) is 0 Å². The Labute approximate surface area is 124 Å². The van der Waals surface area contributed by atoms with E-state index >= 15 is 0 Å². The van der Waals surface area contributed by atoms with E-state index in [1.165, 1.54) is 23.4 Å². The van der Waals surface area contributed by atoms with Crippen molar-refractivity contribution in [3.05, 3.63) is 53.8 Å². The van der Waals surface area contributed by atoms with E-state index in [4.69, 9.17) is 5.73 Å². The Morgan fingerprint density at radius 3 is 2.00 bits per heavy atom. The minimum absolute atomic E-state index is 0.187. The van der Waals surface area contributed by atoms with Crippen LogP contribution < -0.4 is 15.5 Å².